The molecular weight excluding hydrogens is 188 g/mol. The summed E-state index contributed by atoms with van der Waals surface area (Å²) in [5.74, 6) is 1.20. The van der Waals surface area contributed by atoms with Crippen LogP contribution in [0.2, 0.25) is 0 Å². The van der Waals surface area contributed by atoms with Crippen molar-refractivity contribution in [3.05, 3.63) is 0 Å². The van der Waals surface area contributed by atoms with E-state index in [4.69, 9.17) is 4.74 Å². The number of aliphatic hydroxyl groups excluding tert-OH is 1. The van der Waals surface area contributed by atoms with Crippen LogP contribution in [0.1, 0.15) is 51.4 Å². The molecule has 2 nitrogen and oxygen atoms in total. The van der Waals surface area contributed by atoms with Gasteiger partial charge in [0.05, 0.1) is 12.7 Å². The summed E-state index contributed by atoms with van der Waals surface area (Å²) >= 11 is 0. The molecule has 2 unspecified atom stereocenters. The van der Waals surface area contributed by atoms with Crippen LogP contribution in [0.5, 0.6) is 0 Å². The molecular formula is C13H24O2. The molecule has 1 aliphatic heterocycles. The molecule has 0 aromatic carbocycles. The number of hydrogen-bond acceptors (Lipinski definition) is 2. The second-order valence-electron chi connectivity index (χ2n) is 5.28. The Morgan fingerprint density at radius 3 is 2.53 bits per heavy atom. The Balaban J connectivity index is 1.72. The topological polar surface area (TPSA) is 29.5 Å². The monoisotopic (exact) mass is 212 g/mol. The van der Waals surface area contributed by atoms with Crippen LogP contribution in [-0.2, 0) is 4.74 Å². The zero-order valence-corrected chi connectivity index (χ0v) is 9.66. The van der Waals surface area contributed by atoms with Crippen molar-refractivity contribution in [2.24, 2.45) is 11.8 Å². The summed E-state index contributed by atoms with van der Waals surface area (Å²) in [5, 5.41) is 10.1. The van der Waals surface area contributed by atoms with Gasteiger partial charge >= 0.3 is 0 Å². The summed E-state index contributed by atoms with van der Waals surface area (Å²) < 4.78 is 5.43. The van der Waals surface area contributed by atoms with E-state index in [2.05, 4.69) is 0 Å². The minimum Gasteiger partial charge on any atom is -0.393 e. The molecule has 2 rings (SSSR count). The molecule has 0 amide bonds. The largest absolute Gasteiger partial charge is 0.393 e. The maximum Gasteiger partial charge on any atom is 0.0593 e. The smallest absolute Gasteiger partial charge is 0.0593 e. The molecule has 2 aliphatic rings. The first-order chi connectivity index (χ1) is 7.36. The summed E-state index contributed by atoms with van der Waals surface area (Å²) in [4.78, 5) is 0. The van der Waals surface area contributed by atoms with E-state index in [-0.39, 0.29) is 6.10 Å². The third-order valence-electron chi connectivity index (χ3n) is 4.04. The molecule has 0 bridgehead atoms. The van der Waals surface area contributed by atoms with Gasteiger partial charge in [0.25, 0.3) is 0 Å². The summed E-state index contributed by atoms with van der Waals surface area (Å²) in [6.07, 6.45) is 10.0. The third kappa shape index (κ3) is 3.46. The van der Waals surface area contributed by atoms with Gasteiger partial charge in [-0.3, -0.25) is 0 Å². The van der Waals surface area contributed by atoms with Gasteiger partial charge in [-0.2, -0.15) is 0 Å². The highest BCUT2D eigenvalue weighted by Crippen LogP contribution is 2.30. The van der Waals surface area contributed by atoms with Gasteiger partial charge in [-0.25, -0.2) is 0 Å². The van der Waals surface area contributed by atoms with Crippen molar-refractivity contribution in [1.82, 2.24) is 0 Å². The van der Waals surface area contributed by atoms with E-state index in [1.165, 1.54) is 32.1 Å². The van der Waals surface area contributed by atoms with E-state index >= 15 is 0 Å². The lowest BCUT2D eigenvalue weighted by atomic mass is 9.82. The summed E-state index contributed by atoms with van der Waals surface area (Å²) in [5.41, 5.74) is 0. The van der Waals surface area contributed by atoms with Crippen molar-refractivity contribution in [3.63, 3.8) is 0 Å². The van der Waals surface area contributed by atoms with Gasteiger partial charge < -0.3 is 9.84 Å². The molecule has 2 fully saturated rings. The Bertz CT molecular complexity index is 169. The van der Waals surface area contributed by atoms with Crippen molar-refractivity contribution in [2.45, 2.75) is 57.5 Å². The van der Waals surface area contributed by atoms with Gasteiger partial charge in [-0.1, -0.05) is 32.1 Å². The molecule has 0 aromatic rings. The summed E-state index contributed by atoms with van der Waals surface area (Å²) in [7, 11) is 0. The maximum atomic E-state index is 10.1. The van der Waals surface area contributed by atoms with E-state index in [9.17, 15) is 5.11 Å². The Morgan fingerprint density at radius 1 is 1.07 bits per heavy atom. The zero-order chi connectivity index (χ0) is 10.5. The molecule has 88 valence electrons. The van der Waals surface area contributed by atoms with E-state index in [1.807, 2.05) is 0 Å². The van der Waals surface area contributed by atoms with Gasteiger partial charge in [0.1, 0.15) is 0 Å². The van der Waals surface area contributed by atoms with Crippen LogP contribution in [0.4, 0.5) is 0 Å². The van der Waals surface area contributed by atoms with Crippen molar-refractivity contribution >= 4 is 0 Å². The van der Waals surface area contributed by atoms with Crippen LogP contribution < -0.4 is 0 Å². The molecule has 1 saturated carbocycles. The first kappa shape index (κ1) is 11.4. The number of ether oxygens (including phenoxy) is 1. The molecule has 0 spiro atoms. The second-order valence-corrected chi connectivity index (χ2v) is 5.28. The third-order valence-corrected chi connectivity index (χ3v) is 4.04. The lowest BCUT2D eigenvalue weighted by Gasteiger charge is -2.30. The first-order valence-corrected chi connectivity index (χ1v) is 6.62. The Hall–Kier alpha value is -0.0800. The van der Waals surface area contributed by atoms with Crippen LogP contribution >= 0.6 is 0 Å². The molecule has 0 aromatic heterocycles. The van der Waals surface area contributed by atoms with E-state index in [0.717, 1.165) is 38.4 Å². The quantitative estimate of drug-likeness (QED) is 0.779. The zero-order valence-electron chi connectivity index (χ0n) is 9.66. The van der Waals surface area contributed by atoms with Gasteiger partial charge in [-0.05, 0) is 25.2 Å². The second kappa shape index (κ2) is 5.86. The molecule has 2 heteroatoms. The molecule has 2 atom stereocenters. The molecule has 1 saturated heterocycles. The fraction of sp³-hybridized carbons (Fsp3) is 1.00. The van der Waals surface area contributed by atoms with Crippen molar-refractivity contribution in [3.8, 4) is 0 Å². The SMILES string of the molecule is OC(CC1CCCCC1)C1CCCOC1. The van der Waals surface area contributed by atoms with Crippen LogP contribution in [0, 0.1) is 11.8 Å². The van der Waals surface area contributed by atoms with E-state index < -0.39 is 0 Å². The normalized spacial score (nSPS) is 31.4. The molecule has 1 N–H and O–H groups in total. The van der Waals surface area contributed by atoms with Crippen molar-refractivity contribution in [1.29, 1.82) is 0 Å². The fourth-order valence-corrected chi connectivity index (χ4v) is 3.03. The predicted molar refractivity (Wildman–Crippen MR) is 60.7 cm³/mol. The minimum absolute atomic E-state index is 0.103. The highest BCUT2D eigenvalue weighted by molar-refractivity contribution is 4.76. The molecule has 15 heavy (non-hydrogen) atoms. The fourth-order valence-electron chi connectivity index (χ4n) is 3.03. The van der Waals surface area contributed by atoms with Crippen molar-refractivity contribution < 1.29 is 9.84 Å². The van der Waals surface area contributed by atoms with Crippen LogP contribution in [0.15, 0.2) is 0 Å². The predicted octanol–water partition coefficient (Wildman–Crippen LogP) is 2.74. The summed E-state index contributed by atoms with van der Waals surface area (Å²) in [6, 6.07) is 0. The Morgan fingerprint density at radius 2 is 1.87 bits per heavy atom. The molecule has 1 heterocycles. The van der Waals surface area contributed by atoms with Gasteiger partial charge in [0.15, 0.2) is 0 Å². The average Bonchev–Trinajstić information content (AvgIpc) is 2.31. The number of aliphatic hydroxyl groups is 1. The Labute approximate surface area is 93.0 Å². The van der Waals surface area contributed by atoms with E-state index in [1.54, 1.807) is 0 Å². The van der Waals surface area contributed by atoms with Gasteiger partial charge in [0.2, 0.25) is 0 Å². The van der Waals surface area contributed by atoms with Crippen LogP contribution in [-0.4, -0.2) is 24.4 Å². The lowest BCUT2D eigenvalue weighted by Crippen LogP contribution is -2.31. The van der Waals surface area contributed by atoms with Crippen LogP contribution in [0.3, 0.4) is 0 Å². The maximum absolute atomic E-state index is 10.1. The first-order valence-electron chi connectivity index (χ1n) is 6.62. The molecule has 1 aliphatic carbocycles. The number of rotatable bonds is 3. The van der Waals surface area contributed by atoms with Gasteiger partial charge in [-0.15, -0.1) is 0 Å². The molecule has 0 radical (unpaired) electrons. The Kier molecular flexibility index (Phi) is 4.45. The van der Waals surface area contributed by atoms with Crippen LogP contribution in [0.25, 0.3) is 0 Å². The highest BCUT2D eigenvalue weighted by Gasteiger charge is 2.25. The van der Waals surface area contributed by atoms with Crippen molar-refractivity contribution in [2.75, 3.05) is 13.2 Å². The van der Waals surface area contributed by atoms with Gasteiger partial charge in [0, 0.05) is 12.5 Å². The lowest BCUT2D eigenvalue weighted by molar-refractivity contribution is -0.0195. The highest BCUT2D eigenvalue weighted by atomic mass is 16.5. The average molecular weight is 212 g/mol. The minimum atomic E-state index is -0.103. The number of hydrogen-bond donors (Lipinski definition) is 1. The summed E-state index contributed by atoms with van der Waals surface area (Å²) in [6.45, 7) is 1.68. The van der Waals surface area contributed by atoms with E-state index in [0.29, 0.717) is 5.92 Å². The standard InChI is InChI=1S/C13H24O2/c14-13(12-7-4-8-15-10-12)9-11-5-2-1-3-6-11/h11-14H,1-10H2.